The molecule has 0 bridgehead atoms. The van der Waals surface area contributed by atoms with Crippen molar-refractivity contribution in [1.29, 1.82) is 5.26 Å². The Morgan fingerprint density at radius 1 is 1.29 bits per heavy atom. The van der Waals surface area contributed by atoms with Crippen LogP contribution >= 0.6 is 0 Å². The average Bonchev–Trinajstić information content (AvgIpc) is 2.96. The predicted molar refractivity (Wildman–Crippen MR) is 89.8 cm³/mol. The Labute approximate surface area is 141 Å². The molecule has 24 heavy (non-hydrogen) atoms. The largest absolute Gasteiger partial charge is 0.392 e. The van der Waals surface area contributed by atoms with Gasteiger partial charge in [0, 0.05) is 12.0 Å². The quantitative estimate of drug-likeness (QED) is 0.885. The molecule has 124 valence electrons. The molecule has 0 amide bonds. The second-order valence-electron chi connectivity index (χ2n) is 6.47. The number of aromatic nitrogens is 1. The number of anilines is 1. The van der Waals surface area contributed by atoms with Crippen LogP contribution in [0.4, 0.5) is 10.1 Å². The molecule has 2 aromatic rings. The number of halogens is 1. The number of nitrogens with zero attached hydrogens (tertiary/aromatic N) is 2. The van der Waals surface area contributed by atoms with Gasteiger partial charge in [-0.3, -0.25) is 0 Å². The van der Waals surface area contributed by atoms with Crippen molar-refractivity contribution < 1.29 is 9.50 Å². The molecule has 2 N–H and O–H groups in total. The Morgan fingerprint density at radius 2 is 2.08 bits per heavy atom. The van der Waals surface area contributed by atoms with E-state index in [4.69, 9.17) is 5.26 Å². The standard InChI is InChI=1S/C19H20FN3O/c20-15-5-3-14(4-6-15)10-19(9-1-2-18(19)24)13-23-17-8-7-16(11-21)22-12-17/h3-8,12,18,23-24H,1-2,9-10,13H2. The maximum Gasteiger partial charge on any atom is 0.140 e. The molecule has 0 aliphatic heterocycles. The SMILES string of the molecule is N#Cc1ccc(NCC2(Cc3ccc(F)cc3)CCCC2O)cn1. The highest BCUT2D eigenvalue weighted by Crippen LogP contribution is 2.41. The molecule has 4 nitrogen and oxygen atoms in total. The molecule has 3 rings (SSSR count). The number of nitrogens with one attached hydrogen (secondary N) is 1. The fourth-order valence-electron chi connectivity index (χ4n) is 3.45. The van der Waals surface area contributed by atoms with Gasteiger partial charge in [0.05, 0.1) is 18.0 Å². The van der Waals surface area contributed by atoms with Crippen LogP contribution in [0.3, 0.4) is 0 Å². The molecule has 2 unspecified atom stereocenters. The van der Waals surface area contributed by atoms with Crippen molar-refractivity contribution in [2.75, 3.05) is 11.9 Å². The van der Waals surface area contributed by atoms with Gasteiger partial charge >= 0.3 is 0 Å². The van der Waals surface area contributed by atoms with E-state index < -0.39 is 0 Å². The van der Waals surface area contributed by atoms with E-state index in [2.05, 4.69) is 10.3 Å². The van der Waals surface area contributed by atoms with E-state index >= 15 is 0 Å². The summed E-state index contributed by atoms with van der Waals surface area (Å²) in [6.45, 7) is 0.610. The fourth-order valence-corrected chi connectivity index (χ4v) is 3.45. The first-order valence-electron chi connectivity index (χ1n) is 8.14. The van der Waals surface area contributed by atoms with Gasteiger partial charge < -0.3 is 10.4 Å². The van der Waals surface area contributed by atoms with Crippen LogP contribution in [0.2, 0.25) is 0 Å². The summed E-state index contributed by atoms with van der Waals surface area (Å²) in [6, 6.07) is 12.0. The van der Waals surface area contributed by atoms with Crippen LogP contribution in [0.15, 0.2) is 42.6 Å². The topological polar surface area (TPSA) is 68.9 Å². The van der Waals surface area contributed by atoms with Gasteiger partial charge in [-0.2, -0.15) is 5.26 Å². The second kappa shape index (κ2) is 6.98. The monoisotopic (exact) mass is 325 g/mol. The molecule has 0 saturated heterocycles. The van der Waals surface area contributed by atoms with Crippen molar-refractivity contribution in [2.45, 2.75) is 31.8 Å². The summed E-state index contributed by atoms with van der Waals surface area (Å²) in [7, 11) is 0. The summed E-state index contributed by atoms with van der Waals surface area (Å²) in [5, 5.41) is 22.7. The number of hydrogen-bond acceptors (Lipinski definition) is 4. The number of benzene rings is 1. The van der Waals surface area contributed by atoms with Crippen LogP contribution in [0, 0.1) is 22.6 Å². The van der Waals surface area contributed by atoms with E-state index in [9.17, 15) is 9.50 Å². The Kier molecular flexibility index (Phi) is 4.77. The third-order valence-corrected chi connectivity index (χ3v) is 4.85. The molecule has 5 heteroatoms. The van der Waals surface area contributed by atoms with Crippen LogP contribution in [0.1, 0.15) is 30.5 Å². The summed E-state index contributed by atoms with van der Waals surface area (Å²) >= 11 is 0. The Balaban J connectivity index is 1.73. The summed E-state index contributed by atoms with van der Waals surface area (Å²) < 4.78 is 13.1. The predicted octanol–water partition coefficient (Wildman–Crippen LogP) is 3.28. The molecule has 1 aromatic heterocycles. The van der Waals surface area contributed by atoms with Crippen molar-refractivity contribution in [1.82, 2.24) is 4.98 Å². The minimum atomic E-state index is -0.388. The molecule has 1 fully saturated rings. The maximum atomic E-state index is 13.1. The minimum Gasteiger partial charge on any atom is -0.392 e. The first-order valence-corrected chi connectivity index (χ1v) is 8.14. The lowest BCUT2D eigenvalue weighted by Gasteiger charge is -2.33. The van der Waals surface area contributed by atoms with Gasteiger partial charge in [0.15, 0.2) is 0 Å². The van der Waals surface area contributed by atoms with Gasteiger partial charge in [-0.25, -0.2) is 9.37 Å². The molecule has 1 aliphatic rings. The molecule has 1 saturated carbocycles. The summed E-state index contributed by atoms with van der Waals surface area (Å²) in [5.74, 6) is -0.249. The average molecular weight is 325 g/mol. The zero-order valence-corrected chi connectivity index (χ0v) is 13.4. The van der Waals surface area contributed by atoms with Crippen molar-refractivity contribution in [3.63, 3.8) is 0 Å². The first-order chi connectivity index (χ1) is 11.6. The molecular formula is C19H20FN3O. The van der Waals surface area contributed by atoms with E-state index in [1.807, 2.05) is 12.1 Å². The van der Waals surface area contributed by atoms with Crippen molar-refractivity contribution in [3.05, 3.63) is 59.7 Å². The van der Waals surface area contributed by atoms with Gasteiger partial charge in [-0.15, -0.1) is 0 Å². The summed E-state index contributed by atoms with van der Waals surface area (Å²) in [4.78, 5) is 4.05. The third-order valence-electron chi connectivity index (χ3n) is 4.85. The number of rotatable bonds is 5. The van der Waals surface area contributed by atoms with Gasteiger partial charge in [0.25, 0.3) is 0 Å². The number of aliphatic hydroxyl groups is 1. The normalized spacial score (nSPS) is 23.0. The van der Waals surface area contributed by atoms with Gasteiger partial charge in [0.1, 0.15) is 17.6 Å². The molecule has 1 aromatic carbocycles. The molecule has 0 spiro atoms. The van der Waals surface area contributed by atoms with Crippen molar-refractivity contribution in [2.24, 2.45) is 5.41 Å². The lowest BCUT2D eigenvalue weighted by molar-refractivity contribution is 0.0619. The van der Waals surface area contributed by atoms with E-state index in [0.29, 0.717) is 18.7 Å². The maximum absolute atomic E-state index is 13.1. The third kappa shape index (κ3) is 3.55. The molecule has 2 atom stereocenters. The number of hydrogen-bond donors (Lipinski definition) is 2. The van der Waals surface area contributed by atoms with Gasteiger partial charge in [-0.05, 0) is 49.1 Å². The molecule has 0 radical (unpaired) electrons. The molecule has 1 aliphatic carbocycles. The fraction of sp³-hybridized carbons (Fsp3) is 0.368. The second-order valence-corrected chi connectivity index (χ2v) is 6.47. The highest BCUT2D eigenvalue weighted by Gasteiger charge is 2.41. The Bertz CT molecular complexity index is 724. The van der Waals surface area contributed by atoms with E-state index in [0.717, 1.165) is 30.5 Å². The van der Waals surface area contributed by atoms with Gasteiger partial charge in [-0.1, -0.05) is 18.6 Å². The van der Waals surface area contributed by atoms with E-state index in [1.54, 1.807) is 24.4 Å². The lowest BCUT2D eigenvalue weighted by atomic mass is 9.78. The van der Waals surface area contributed by atoms with E-state index in [1.165, 1.54) is 12.1 Å². The zero-order chi connectivity index (χ0) is 17.0. The van der Waals surface area contributed by atoms with E-state index in [-0.39, 0.29) is 17.3 Å². The lowest BCUT2D eigenvalue weighted by Crippen LogP contribution is -2.39. The van der Waals surface area contributed by atoms with Crippen molar-refractivity contribution >= 4 is 5.69 Å². The minimum absolute atomic E-state index is 0.249. The number of pyridine rings is 1. The van der Waals surface area contributed by atoms with Crippen LogP contribution in [-0.2, 0) is 6.42 Å². The Hall–Kier alpha value is -2.45. The van der Waals surface area contributed by atoms with Crippen LogP contribution in [0.25, 0.3) is 0 Å². The summed E-state index contributed by atoms with van der Waals surface area (Å²) in [5.41, 5.74) is 1.96. The summed E-state index contributed by atoms with van der Waals surface area (Å²) in [6.07, 6.45) is 4.63. The van der Waals surface area contributed by atoms with Crippen LogP contribution < -0.4 is 5.32 Å². The molecular weight excluding hydrogens is 305 g/mol. The van der Waals surface area contributed by atoms with Crippen molar-refractivity contribution in [3.8, 4) is 6.07 Å². The van der Waals surface area contributed by atoms with Gasteiger partial charge in [0.2, 0.25) is 0 Å². The Morgan fingerprint density at radius 3 is 2.67 bits per heavy atom. The van der Waals surface area contributed by atoms with Crippen LogP contribution in [-0.4, -0.2) is 22.7 Å². The highest BCUT2D eigenvalue weighted by atomic mass is 19.1. The zero-order valence-electron chi connectivity index (χ0n) is 13.4. The number of aliphatic hydroxyl groups excluding tert-OH is 1. The highest BCUT2D eigenvalue weighted by molar-refractivity contribution is 5.43. The first kappa shape index (κ1) is 16.4. The number of nitriles is 1. The van der Waals surface area contributed by atoms with Crippen LogP contribution in [0.5, 0.6) is 0 Å². The smallest absolute Gasteiger partial charge is 0.140 e. The molecule has 1 heterocycles.